The first kappa shape index (κ1) is 23.4. The van der Waals surface area contributed by atoms with Crippen molar-refractivity contribution >= 4 is 45.6 Å². The molecule has 0 aliphatic heterocycles. The number of nitrogens with zero attached hydrogens (tertiary/aromatic N) is 2. The number of anilines is 3. The second-order valence-electron chi connectivity index (χ2n) is 6.06. The highest BCUT2D eigenvalue weighted by molar-refractivity contribution is 9.10. The number of aromatic nitrogens is 2. The fourth-order valence-corrected chi connectivity index (χ4v) is 2.43. The molecule has 0 atom stereocenters. The number of nitrogens with one attached hydrogen (secondary N) is 1. The Bertz CT molecular complexity index is 1040. The maximum atomic E-state index is 10.4. The van der Waals surface area contributed by atoms with Crippen LogP contribution < -0.4 is 11.1 Å². The van der Waals surface area contributed by atoms with Crippen molar-refractivity contribution in [2.45, 2.75) is 0 Å². The molecule has 31 heavy (non-hydrogen) atoms. The van der Waals surface area contributed by atoms with E-state index in [1.165, 1.54) is 0 Å². The molecule has 4 rings (SSSR count). The highest BCUT2D eigenvalue weighted by atomic mass is 79.9. The number of hydrogen-bond acceptors (Lipinski definition) is 6. The normalized spacial score (nSPS) is 9.19. The van der Waals surface area contributed by atoms with Crippen LogP contribution in [-0.2, 0) is 0 Å². The first-order valence-electron chi connectivity index (χ1n) is 9.19. The van der Waals surface area contributed by atoms with Crippen LogP contribution >= 0.6 is 15.9 Å². The van der Waals surface area contributed by atoms with Crippen molar-refractivity contribution in [3.8, 4) is 0 Å². The molecule has 2 heterocycles. The number of nitrogen functional groups attached to an aromatic ring is 1. The largest absolute Gasteiger partial charge is 0.397 e. The fraction of sp³-hybridized carbons (Fsp3) is 0. The van der Waals surface area contributed by atoms with Gasteiger partial charge in [-0.1, -0.05) is 28.1 Å². The van der Waals surface area contributed by atoms with E-state index < -0.39 is 0 Å². The van der Waals surface area contributed by atoms with E-state index in [1.807, 2.05) is 36.4 Å². The fourth-order valence-electron chi connectivity index (χ4n) is 2.17. The molecule has 2 aromatic carbocycles. The summed E-state index contributed by atoms with van der Waals surface area (Å²) in [6.45, 7) is 0. The standard InChI is InChI=1S/C12H10N2O.C7H5BrO.C5H6N2/c15-9-10-3-5-11(6-4-10)14-12-2-1-7-13-8-12;8-7-3-1-6(5-9)2-4-7;6-5-2-1-3-7-4-5/h1-9,14H;1-5H;1-4H,6H2. The number of carbonyl (C=O) groups excluding carboxylic acids is 2. The highest BCUT2D eigenvalue weighted by Crippen LogP contribution is 2.15. The molecule has 0 bridgehead atoms. The summed E-state index contributed by atoms with van der Waals surface area (Å²) in [5.41, 5.74) is 9.25. The molecular weight excluding hydrogens is 456 g/mol. The molecule has 0 spiro atoms. The average molecular weight is 477 g/mol. The molecule has 0 saturated heterocycles. The lowest BCUT2D eigenvalue weighted by molar-refractivity contribution is 0.111. The van der Waals surface area contributed by atoms with Crippen LogP contribution in [0.3, 0.4) is 0 Å². The lowest BCUT2D eigenvalue weighted by Crippen LogP contribution is -1.90. The van der Waals surface area contributed by atoms with Gasteiger partial charge < -0.3 is 11.1 Å². The summed E-state index contributed by atoms with van der Waals surface area (Å²) in [5, 5.41) is 3.18. The van der Waals surface area contributed by atoms with Crippen LogP contribution in [0.2, 0.25) is 0 Å². The van der Waals surface area contributed by atoms with Gasteiger partial charge in [-0.15, -0.1) is 0 Å². The zero-order valence-electron chi connectivity index (χ0n) is 16.6. The summed E-state index contributed by atoms with van der Waals surface area (Å²) < 4.78 is 0.994. The van der Waals surface area contributed by atoms with E-state index in [-0.39, 0.29) is 0 Å². The molecule has 0 radical (unpaired) electrons. The van der Waals surface area contributed by atoms with Gasteiger partial charge in [-0.25, -0.2) is 0 Å². The van der Waals surface area contributed by atoms with Crippen molar-refractivity contribution in [3.63, 3.8) is 0 Å². The second kappa shape index (κ2) is 13.4. The van der Waals surface area contributed by atoms with Crippen LogP contribution in [0.25, 0.3) is 0 Å². The SMILES string of the molecule is Nc1cccnc1.O=Cc1ccc(Br)cc1.O=Cc1ccc(Nc2cccnc2)cc1. The van der Waals surface area contributed by atoms with Gasteiger partial charge in [-0.05, 0) is 60.7 Å². The van der Waals surface area contributed by atoms with Crippen LogP contribution in [0.15, 0.2) is 102 Å². The number of hydrogen-bond donors (Lipinski definition) is 2. The van der Waals surface area contributed by atoms with Gasteiger partial charge in [0.1, 0.15) is 12.6 Å². The quantitative estimate of drug-likeness (QED) is 0.374. The summed E-state index contributed by atoms with van der Waals surface area (Å²) >= 11 is 3.26. The van der Waals surface area contributed by atoms with Crippen LogP contribution in [0, 0.1) is 0 Å². The van der Waals surface area contributed by atoms with Crippen LogP contribution in [0.4, 0.5) is 17.1 Å². The average Bonchev–Trinajstić information content (AvgIpc) is 2.82. The Kier molecular flexibility index (Phi) is 10.1. The third kappa shape index (κ3) is 9.47. The number of carbonyl (C=O) groups is 2. The lowest BCUT2D eigenvalue weighted by atomic mass is 10.2. The molecule has 0 fully saturated rings. The molecule has 0 aliphatic carbocycles. The van der Waals surface area contributed by atoms with Crippen LogP contribution in [0.1, 0.15) is 20.7 Å². The molecule has 0 aliphatic rings. The second-order valence-corrected chi connectivity index (χ2v) is 6.98. The zero-order valence-corrected chi connectivity index (χ0v) is 18.1. The monoisotopic (exact) mass is 476 g/mol. The number of nitrogens with two attached hydrogens (primary N) is 1. The van der Waals surface area contributed by atoms with E-state index in [9.17, 15) is 9.59 Å². The Balaban J connectivity index is 0.000000181. The van der Waals surface area contributed by atoms with Crippen molar-refractivity contribution in [1.82, 2.24) is 9.97 Å². The third-order valence-electron chi connectivity index (χ3n) is 3.69. The number of aldehydes is 2. The molecule has 0 saturated carbocycles. The maximum absolute atomic E-state index is 10.4. The summed E-state index contributed by atoms with van der Waals surface area (Å²) in [5.74, 6) is 0. The Morgan fingerprint density at radius 3 is 1.68 bits per heavy atom. The van der Waals surface area contributed by atoms with Gasteiger partial charge in [0, 0.05) is 39.9 Å². The Hall–Kier alpha value is -3.84. The van der Waals surface area contributed by atoms with E-state index in [4.69, 9.17) is 5.73 Å². The van der Waals surface area contributed by atoms with E-state index in [0.717, 1.165) is 28.4 Å². The van der Waals surface area contributed by atoms with Gasteiger partial charge in [0.15, 0.2) is 0 Å². The minimum absolute atomic E-state index is 0.673. The number of rotatable bonds is 4. The first-order chi connectivity index (χ1) is 15.1. The van der Waals surface area contributed by atoms with Crippen molar-refractivity contribution in [2.24, 2.45) is 0 Å². The van der Waals surface area contributed by atoms with Crippen molar-refractivity contribution in [1.29, 1.82) is 0 Å². The summed E-state index contributed by atoms with van der Waals surface area (Å²) in [7, 11) is 0. The Labute approximate surface area is 189 Å². The smallest absolute Gasteiger partial charge is 0.150 e. The van der Waals surface area contributed by atoms with E-state index in [0.29, 0.717) is 16.8 Å². The Morgan fingerprint density at radius 2 is 1.26 bits per heavy atom. The van der Waals surface area contributed by atoms with Gasteiger partial charge in [-0.3, -0.25) is 19.6 Å². The van der Waals surface area contributed by atoms with Gasteiger partial charge in [-0.2, -0.15) is 0 Å². The van der Waals surface area contributed by atoms with E-state index in [1.54, 1.807) is 61.2 Å². The number of pyridine rings is 2. The third-order valence-corrected chi connectivity index (χ3v) is 4.22. The molecule has 0 amide bonds. The van der Waals surface area contributed by atoms with Crippen molar-refractivity contribution in [2.75, 3.05) is 11.1 Å². The van der Waals surface area contributed by atoms with Gasteiger partial charge >= 0.3 is 0 Å². The molecule has 4 aromatic rings. The van der Waals surface area contributed by atoms with Gasteiger partial charge in [0.25, 0.3) is 0 Å². The predicted octanol–water partition coefficient (Wildman–Crippen LogP) is 5.56. The predicted molar refractivity (Wildman–Crippen MR) is 128 cm³/mol. The van der Waals surface area contributed by atoms with Crippen molar-refractivity contribution < 1.29 is 9.59 Å². The minimum atomic E-state index is 0.673. The van der Waals surface area contributed by atoms with Gasteiger partial charge in [0.2, 0.25) is 0 Å². The molecule has 3 N–H and O–H groups in total. The number of halogens is 1. The van der Waals surface area contributed by atoms with E-state index in [2.05, 4.69) is 31.2 Å². The van der Waals surface area contributed by atoms with Crippen molar-refractivity contribution in [3.05, 3.63) is 113 Å². The topological polar surface area (TPSA) is 98.0 Å². The lowest BCUT2D eigenvalue weighted by Gasteiger charge is -2.04. The van der Waals surface area contributed by atoms with E-state index >= 15 is 0 Å². The summed E-state index contributed by atoms with van der Waals surface area (Å²) in [6, 6.07) is 21.8. The Morgan fingerprint density at radius 1 is 0.710 bits per heavy atom. The maximum Gasteiger partial charge on any atom is 0.150 e. The molecule has 2 aromatic heterocycles. The van der Waals surface area contributed by atoms with Gasteiger partial charge in [0.05, 0.1) is 17.6 Å². The molecule has 156 valence electrons. The highest BCUT2D eigenvalue weighted by Gasteiger charge is 1.94. The van der Waals surface area contributed by atoms with Crippen LogP contribution in [-0.4, -0.2) is 22.5 Å². The summed E-state index contributed by atoms with van der Waals surface area (Å²) in [6.07, 6.45) is 8.42. The van der Waals surface area contributed by atoms with Crippen LogP contribution in [0.5, 0.6) is 0 Å². The molecule has 0 unspecified atom stereocenters. The first-order valence-corrected chi connectivity index (χ1v) is 9.98. The zero-order chi connectivity index (χ0) is 22.3. The molecule has 7 heteroatoms. The molecular formula is C24H21BrN4O2. The number of benzene rings is 2. The summed E-state index contributed by atoms with van der Waals surface area (Å²) in [4.78, 5) is 28.3. The molecule has 6 nitrogen and oxygen atoms in total. The minimum Gasteiger partial charge on any atom is -0.397 e.